The molecule has 0 aromatic rings. The maximum atomic E-state index is 11.5. The summed E-state index contributed by atoms with van der Waals surface area (Å²) in [6.07, 6.45) is 1.76. The molecule has 7 heteroatoms. The van der Waals surface area contributed by atoms with Crippen LogP contribution in [0.3, 0.4) is 0 Å². The number of carboxylic acid groups (broad SMARTS) is 1. The fourth-order valence-corrected chi connectivity index (χ4v) is 1.55. The van der Waals surface area contributed by atoms with Crippen LogP contribution in [-0.2, 0) is 9.59 Å². The van der Waals surface area contributed by atoms with Crippen LogP contribution in [0.1, 0.15) is 13.8 Å². The van der Waals surface area contributed by atoms with Crippen molar-refractivity contribution in [2.45, 2.75) is 13.8 Å². The number of amides is 3. The summed E-state index contributed by atoms with van der Waals surface area (Å²) in [4.78, 5) is 33.5. The molecule has 0 saturated carbocycles. The molecule has 0 aliphatic rings. The lowest BCUT2D eigenvalue weighted by molar-refractivity contribution is -0.133. The molecular formula is C12H18N2O4S. The van der Waals surface area contributed by atoms with Gasteiger partial charge in [0.25, 0.3) is 5.91 Å². The molecule has 0 bridgehead atoms. The van der Waals surface area contributed by atoms with Crippen LogP contribution in [0.4, 0.5) is 4.79 Å². The van der Waals surface area contributed by atoms with Crippen molar-refractivity contribution in [3.63, 3.8) is 0 Å². The third kappa shape index (κ3) is 7.30. The molecule has 0 rings (SSSR count). The molecule has 0 aromatic heterocycles. The lowest BCUT2D eigenvalue weighted by atomic mass is 10.1. The van der Waals surface area contributed by atoms with Gasteiger partial charge in [0.15, 0.2) is 0 Å². The minimum absolute atomic E-state index is 0.00341. The number of carbonyl (C=O) groups excluding carboxylic acids is 2. The second-order valence-corrected chi connectivity index (χ2v) is 4.78. The van der Waals surface area contributed by atoms with Gasteiger partial charge in [0.1, 0.15) is 0 Å². The molecule has 0 heterocycles. The van der Waals surface area contributed by atoms with Gasteiger partial charge in [-0.05, 0) is 13.8 Å². The van der Waals surface area contributed by atoms with Crippen molar-refractivity contribution >= 4 is 29.7 Å². The van der Waals surface area contributed by atoms with E-state index in [0.29, 0.717) is 12.3 Å². The molecule has 0 aromatic carbocycles. The lowest BCUT2D eigenvalue weighted by Crippen LogP contribution is -2.41. The maximum Gasteiger partial charge on any atom is 0.331 e. The molecule has 0 aliphatic carbocycles. The molecule has 0 spiro atoms. The van der Waals surface area contributed by atoms with Gasteiger partial charge in [0, 0.05) is 29.2 Å². The van der Waals surface area contributed by atoms with Gasteiger partial charge in [-0.3, -0.25) is 10.1 Å². The summed E-state index contributed by atoms with van der Waals surface area (Å²) in [5.74, 6) is -0.400. The first kappa shape index (κ1) is 17.2. The van der Waals surface area contributed by atoms with Crippen LogP contribution < -0.4 is 10.6 Å². The van der Waals surface area contributed by atoms with Gasteiger partial charge in [0.2, 0.25) is 0 Å². The number of hydrogen-bond donors (Lipinski definition) is 3. The SMILES string of the molecule is C=CCSCCNC(=O)NC(=O)/C(C)=C(\C)C(=O)O. The van der Waals surface area contributed by atoms with Gasteiger partial charge in [-0.2, -0.15) is 11.8 Å². The zero-order chi connectivity index (χ0) is 14.8. The van der Waals surface area contributed by atoms with Crippen molar-refractivity contribution in [3.8, 4) is 0 Å². The number of aliphatic carboxylic acids is 1. The van der Waals surface area contributed by atoms with Crippen LogP contribution in [0.5, 0.6) is 0 Å². The molecule has 3 amide bonds. The minimum atomic E-state index is -1.19. The Kier molecular flexibility index (Phi) is 8.35. The Bertz CT molecular complexity index is 405. The lowest BCUT2D eigenvalue weighted by Gasteiger charge is -2.07. The molecular weight excluding hydrogens is 268 g/mol. The number of carboxylic acids is 1. The number of rotatable bonds is 7. The fraction of sp³-hybridized carbons (Fsp3) is 0.417. The van der Waals surface area contributed by atoms with E-state index < -0.39 is 17.9 Å². The van der Waals surface area contributed by atoms with E-state index in [9.17, 15) is 14.4 Å². The van der Waals surface area contributed by atoms with E-state index in [0.717, 1.165) is 5.75 Å². The smallest absolute Gasteiger partial charge is 0.331 e. The third-order valence-electron chi connectivity index (χ3n) is 2.22. The number of imide groups is 1. The van der Waals surface area contributed by atoms with Crippen molar-refractivity contribution in [1.82, 2.24) is 10.6 Å². The first-order chi connectivity index (χ1) is 8.90. The van der Waals surface area contributed by atoms with Crippen molar-refractivity contribution in [2.75, 3.05) is 18.1 Å². The summed E-state index contributed by atoms with van der Waals surface area (Å²) in [6.45, 7) is 6.64. The van der Waals surface area contributed by atoms with Crippen LogP contribution in [0.25, 0.3) is 0 Å². The molecule has 0 radical (unpaired) electrons. The van der Waals surface area contributed by atoms with Crippen molar-refractivity contribution in [1.29, 1.82) is 0 Å². The Morgan fingerprint density at radius 2 is 1.89 bits per heavy atom. The van der Waals surface area contributed by atoms with Crippen molar-refractivity contribution in [2.24, 2.45) is 0 Å². The second kappa shape index (κ2) is 9.21. The van der Waals surface area contributed by atoms with Crippen LogP contribution in [-0.4, -0.2) is 41.1 Å². The van der Waals surface area contributed by atoms with Crippen LogP contribution >= 0.6 is 11.8 Å². The van der Waals surface area contributed by atoms with Gasteiger partial charge in [0.05, 0.1) is 0 Å². The first-order valence-corrected chi connectivity index (χ1v) is 6.74. The molecule has 0 fully saturated rings. The van der Waals surface area contributed by atoms with Gasteiger partial charge in [-0.1, -0.05) is 6.08 Å². The zero-order valence-corrected chi connectivity index (χ0v) is 11.8. The molecule has 106 valence electrons. The maximum absolute atomic E-state index is 11.5. The highest BCUT2D eigenvalue weighted by molar-refractivity contribution is 7.99. The highest BCUT2D eigenvalue weighted by Crippen LogP contribution is 2.03. The average Bonchev–Trinajstić information content (AvgIpc) is 2.36. The number of carbonyl (C=O) groups is 3. The van der Waals surface area contributed by atoms with Gasteiger partial charge in [-0.15, -0.1) is 6.58 Å². The summed E-state index contributed by atoms with van der Waals surface area (Å²) in [5, 5.41) is 13.3. The summed E-state index contributed by atoms with van der Waals surface area (Å²) in [6, 6.07) is -0.637. The van der Waals surface area contributed by atoms with E-state index in [1.807, 2.05) is 0 Å². The topological polar surface area (TPSA) is 95.5 Å². The minimum Gasteiger partial charge on any atom is -0.478 e. The molecule has 6 nitrogen and oxygen atoms in total. The number of hydrogen-bond acceptors (Lipinski definition) is 4. The highest BCUT2D eigenvalue weighted by Gasteiger charge is 2.14. The Morgan fingerprint density at radius 3 is 2.42 bits per heavy atom. The van der Waals surface area contributed by atoms with E-state index in [1.54, 1.807) is 17.8 Å². The second-order valence-electron chi connectivity index (χ2n) is 3.63. The van der Waals surface area contributed by atoms with E-state index in [2.05, 4.69) is 17.2 Å². The Morgan fingerprint density at radius 1 is 1.26 bits per heavy atom. The highest BCUT2D eigenvalue weighted by atomic mass is 32.2. The quantitative estimate of drug-likeness (QED) is 0.371. The normalized spacial score (nSPS) is 11.3. The van der Waals surface area contributed by atoms with Gasteiger partial charge in [-0.25, -0.2) is 9.59 Å². The molecule has 0 aliphatic heterocycles. The molecule has 3 N–H and O–H groups in total. The van der Waals surface area contributed by atoms with Crippen LogP contribution in [0.15, 0.2) is 23.8 Å². The fourth-order valence-electron chi connectivity index (χ4n) is 0.975. The van der Waals surface area contributed by atoms with Gasteiger partial charge >= 0.3 is 12.0 Å². The van der Waals surface area contributed by atoms with E-state index in [4.69, 9.17) is 5.11 Å². The average molecular weight is 286 g/mol. The number of thioether (sulfide) groups is 1. The Balaban J connectivity index is 4.13. The summed E-state index contributed by atoms with van der Waals surface area (Å²) in [7, 11) is 0. The van der Waals surface area contributed by atoms with Gasteiger partial charge < -0.3 is 10.4 Å². The third-order valence-corrected chi connectivity index (χ3v) is 3.18. The summed E-state index contributed by atoms with van der Waals surface area (Å²) in [5.41, 5.74) is -0.0875. The number of urea groups is 1. The van der Waals surface area contributed by atoms with Crippen LogP contribution in [0, 0.1) is 0 Å². The van der Waals surface area contributed by atoms with E-state index in [1.165, 1.54) is 13.8 Å². The zero-order valence-electron chi connectivity index (χ0n) is 11.0. The first-order valence-electron chi connectivity index (χ1n) is 5.58. The largest absolute Gasteiger partial charge is 0.478 e. The van der Waals surface area contributed by atoms with E-state index in [-0.39, 0.29) is 11.1 Å². The predicted octanol–water partition coefficient (Wildman–Crippen LogP) is 1.15. The Hall–Kier alpha value is -1.76. The monoisotopic (exact) mass is 286 g/mol. The molecule has 19 heavy (non-hydrogen) atoms. The molecule has 0 saturated heterocycles. The Labute approximate surface area is 116 Å². The number of nitrogens with one attached hydrogen (secondary N) is 2. The molecule has 0 unspecified atom stereocenters. The summed E-state index contributed by atoms with van der Waals surface area (Å²) < 4.78 is 0. The van der Waals surface area contributed by atoms with Crippen molar-refractivity contribution in [3.05, 3.63) is 23.8 Å². The van der Waals surface area contributed by atoms with E-state index >= 15 is 0 Å². The predicted molar refractivity (Wildman–Crippen MR) is 75.1 cm³/mol. The standard InChI is InChI=1S/C12H18N2O4S/c1-4-6-19-7-5-13-12(18)14-10(15)8(2)9(3)11(16)17/h4H,1,5-7H2,2-3H3,(H,16,17)(H2,13,14,15,18)/b9-8+. The van der Waals surface area contributed by atoms with Crippen molar-refractivity contribution < 1.29 is 19.5 Å². The van der Waals surface area contributed by atoms with Crippen LogP contribution in [0.2, 0.25) is 0 Å². The molecule has 0 atom stereocenters. The summed E-state index contributed by atoms with van der Waals surface area (Å²) >= 11 is 1.60.